The number of piperidine rings is 1. The number of rotatable bonds is 7. The van der Waals surface area contributed by atoms with E-state index >= 15 is 0 Å². The number of carboxylic acids is 1. The number of fused-ring (bicyclic) bond motifs is 5. The first-order valence-corrected chi connectivity index (χ1v) is 15.6. The molecule has 1 saturated heterocycles. The molecule has 11 heteroatoms. The van der Waals surface area contributed by atoms with Crippen molar-refractivity contribution in [2.24, 2.45) is 52.1 Å². The quantitative estimate of drug-likeness (QED) is 0.263. The van der Waals surface area contributed by atoms with Crippen molar-refractivity contribution in [2.45, 2.75) is 117 Å². The van der Waals surface area contributed by atoms with Crippen LogP contribution in [0.3, 0.4) is 0 Å². The number of unbranched alkanes of at least 4 members (excludes halogenated alkanes) is 1. The minimum Gasteiger partial charge on any atom is -0.481 e. The highest BCUT2D eigenvalue weighted by Crippen LogP contribution is 2.67. The van der Waals surface area contributed by atoms with Crippen molar-refractivity contribution in [3.8, 4) is 0 Å². The lowest BCUT2D eigenvalue weighted by Crippen LogP contribution is -2.62. The number of nitrogens with two attached hydrogens (primary N) is 1. The van der Waals surface area contributed by atoms with Gasteiger partial charge in [-0.3, -0.25) is 14.4 Å². The van der Waals surface area contributed by atoms with Crippen LogP contribution in [0.2, 0.25) is 0 Å². The molecule has 0 bridgehead atoms. The summed E-state index contributed by atoms with van der Waals surface area (Å²) in [7, 11) is 0. The zero-order valence-corrected chi connectivity index (χ0v) is 25.8. The molecule has 4 rings (SSSR count). The van der Waals surface area contributed by atoms with Gasteiger partial charge in [0.1, 0.15) is 0 Å². The average Bonchev–Trinajstić information content (AvgIpc) is 3.20. The van der Waals surface area contributed by atoms with Crippen LogP contribution >= 0.6 is 0 Å². The molecule has 1 aliphatic heterocycles. The van der Waals surface area contributed by atoms with Crippen molar-refractivity contribution in [1.29, 1.82) is 0 Å². The number of likely N-dealkylation sites (tertiary alicyclic amines) is 1. The van der Waals surface area contributed by atoms with E-state index in [0.717, 1.165) is 45.2 Å². The van der Waals surface area contributed by atoms with E-state index in [0.29, 0.717) is 36.5 Å². The topological polar surface area (TPSA) is 130 Å². The van der Waals surface area contributed by atoms with Gasteiger partial charge in [-0.05, 0) is 97.7 Å². The van der Waals surface area contributed by atoms with E-state index in [9.17, 15) is 32.7 Å². The van der Waals surface area contributed by atoms with Crippen LogP contribution in [0.25, 0.3) is 0 Å². The molecule has 0 radical (unpaired) electrons. The molecule has 242 valence electrons. The maximum Gasteiger partial charge on any atom is 0.575 e. The summed E-state index contributed by atoms with van der Waals surface area (Å²) < 4.78 is 35.4. The van der Waals surface area contributed by atoms with Gasteiger partial charge in [-0.1, -0.05) is 34.1 Å². The Morgan fingerprint density at radius 2 is 1.69 bits per heavy atom. The van der Waals surface area contributed by atoms with Crippen molar-refractivity contribution < 1.29 is 42.5 Å². The number of carbonyl (C=O) groups is 3. The Morgan fingerprint density at radius 3 is 2.24 bits per heavy atom. The molecule has 9 unspecified atom stereocenters. The number of carbonyl (C=O) groups excluding carboxylic acids is 2. The third-order valence-electron chi connectivity index (χ3n) is 11.4. The highest BCUT2D eigenvalue weighted by atomic mass is 19.4. The van der Waals surface area contributed by atoms with Crippen LogP contribution in [0, 0.1) is 46.3 Å². The van der Waals surface area contributed by atoms with Crippen LogP contribution in [0.5, 0.6) is 0 Å². The van der Waals surface area contributed by atoms with E-state index in [4.69, 9.17) is 10.8 Å². The number of aliphatic carboxylic acids is 1. The lowest BCUT2D eigenvalue weighted by atomic mass is 9.45. The smallest absolute Gasteiger partial charge is 0.481 e. The Balaban J connectivity index is 0.000000531. The van der Waals surface area contributed by atoms with E-state index in [1.807, 2.05) is 18.7 Å². The van der Waals surface area contributed by atoms with Crippen molar-refractivity contribution in [3.63, 3.8) is 0 Å². The summed E-state index contributed by atoms with van der Waals surface area (Å²) in [4.78, 5) is 35.4. The Labute approximate surface area is 247 Å². The summed E-state index contributed by atoms with van der Waals surface area (Å²) >= 11 is 0. The third-order valence-corrected chi connectivity index (χ3v) is 11.4. The number of carboxylic acid groups (broad SMARTS) is 1. The normalized spacial score (nSPS) is 36.6. The molecule has 8 nitrogen and oxygen atoms in total. The van der Waals surface area contributed by atoms with E-state index < -0.39 is 24.3 Å². The predicted molar refractivity (Wildman–Crippen MR) is 151 cm³/mol. The molecule has 4 aliphatic rings. The second-order valence-corrected chi connectivity index (χ2v) is 14.1. The van der Waals surface area contributed by atoms with Gasteiger partial charge in [-0.2, -0.15) is 0 Å². The zero-order chi connectivity index (χ0) is 31.6. The summed E-state index contributed by atoms with van der Waals surface area (Å²) in [6.07, 6.45) is 4.70. The van der Waals surface area contributed by atoms with E-state index in [1.54, 1.807) is 0 Å². The molecule has 0 aromatic rings. The zero-order valence-electron chi connectivity index (χ0n) is 25.8. The monoisotopic (exact) mass is 604 g/mol. The summed E-state index contributed by atoms with van der Waals surface area (Å²) in [6, 6.07) is -0.438. The second-order valence-electron chi connectivity index (χ2n) is 14.1. The second kappa shape index (κ2) is 13.4. The Morgan fingerprint density at radius 1 is 1.05 bits per heavy atom. The summed E-state index contributed by atoms with van der Waals surface area (Å²) in [5, 5.41) is 20.5. The fourth-order valence-electron chi connectivity index (χ4n) is 9.04. The van der Waals surface area contributed by atoms with Gasteiger partial charge in [0.2, 0.25) is 5.91 Å². The fraction of sp³-hybridized carbons (Fsp3) is 0.903. The Bertz CT molecular complexity index is 977. The van der Waals surface area contributed by atoms with Crippen LogP contribution < -0.4 is 5.73 Å². The average molecular weight is 605 g/mol. The number of nitrogens with zero attached hydrogens (tertiary/aromatic N) is 1. The van der Waals surface area contributed by atoms with Crippen LogP contribution in [0.15, 0.2) is 0 Å². The standard InChI is InChI=1S/C28H48N2O4.C3H3F3O2/c1-17(2)25(29)26(34)30-14-13-28(4)19(16-30)15-22(31)24-20-10-9-18(7-5-6-8-23(32)33)27(20,3)12-11-21(24)28;1-2(7)8-3(4,5)6/h17-22,24-25,31H,5-16,29H2,1-4H3,(H,32,33);1H3. The fourth-order valence-corrected chi connectivity index (χ4v) is 9.04. The molecule has 42 heavy (non-hydrogen) atoms. The minimum atomic E-state index is -4.83. The van der Waals surface area contributed by atoms with Crippen LogP contribution in [-0.2, 0) is 19.1 Å². The largest absolute Gasteiger partial charge is 0.575 e. The number of aliphatic hydroxyl groups is 1. The molecule has 1 heterocycles. The first kappa shape index (κ1) is 34.6. The molecule has 0 spiro atoms. The predicted octanol–water partition coefficient (Wildman–Crippen LogP) is 5.36. The first-order valence-electron chi connectivity index (χ1n) is 15.6. The number of aliphatic hydroxyl groups excluding tert-OH is 1. The van der Waals surface area contributed by atoms with Crippen LogP contribution in [0.1, 0.15) is 98.8 Å². The maximum absolute atomic E-state index is 13.0. The molecule has 3 saturated carbocycles. The van der Waals surface area contributed by atoms with Crippen LogP contribution in [0.4, 0.5) is 13.2 Å². The van der Waals surface area contributed by atoms with Gasteiger partial charge < -0.3 is 25.6 Å². The van der Waals surface area contributed by atoms with Gasteiger partial charge >= 0.3 is 18.3 Å². The van der Waals surface area contributed by atoms with Crippen LogP contribution in [-0.4, -0.2) is 64.6 Å². The van der Waals surface area contributed by atoms with Crippen molar-refractivity contribution >= 4 is 17.8 Å². The molecule has 4 fully saturated rings. The number of esters is 1. The van der Waals surface area contributed by atoms with E-state index in [-0.39, 0.29) is 35.2 Å². The molecule has 1 amide bonds. The molecule has 3 aliphatic carbocycles. The Kier molecular flexibility index (Phi) is 11.0. The highest BCUT2D eigenvalue weighted by Gasteiger charge is 2.62. The molecule has 9 atom stereocenters. The number of hydrogen-bond donors (Lipinski definition) is 3. The van der Waals surface area contributed by atoms with Gasteiger partial charge in [0.05, 0.1) is 12.1 Å². The van der Waals surface area contributed by atoms with Gasteiger partial charge in [-0.25, -0.2) is 0 Å². The number of amides is 1. The third kappa shape index (κ3) is 7.60. The molecule has 0 aromatic heterocycles. The first-order chi connectivity index (χ1) is 19.4. The molecule has 0 aromatic carbocycles. The van der Waals surface area contributed by atoms with Gasteiger partial charge in [0.25, 0.3) is 0 Å². The Hall–Kier alpha value is -1.88. The molecular weight excluding hydrogens is 553 g/mol. The number of halogens is 3. The van der Waals surface area contributed by atoms with Crippen molar-refractivity contribution in [2.75, 3.05) is 13.1 Å². The van der Waals surface area contributed by atoms with E-state index in [1.165, 1.54) is 25.7 Å². The lowest BCUT2D eigenvalue weighted by molar-refractivity contribution is -0.304. The summed E-state index contributed by atoms with van der Waals surface area (Å²) in [5.74, 6) is 0.632. The summed E-state index contributed by atoms with van der Waals surface area (Å²) in [5.41, 5.74) is 6.66. The van der Waals surface area contributed by atoms with Gasteiger partial charge in [0, 0.05) is 26.4 Å². The SMILES string of the molecule is CC(=O)OC(F)(F)F.CC(C)C(N)C(=O)N1CCC2(C)C(CC(O)C3C4CCC(CCCCC(=O)O)C4(C)CCC32)C1. The maximum atomic E-state index is 13.0. The van der Waals surface area contributed by atoms with Gasteiger partial charge in [0.15, 0.2) is 0 Å². The molecular formula is C31H51F3N2O6. The van der Waals surface area contributed by atoms with Crippen molar-refractivity contribution in [1.82, 2.24) is 4.90 Å². The van der Waals surface area contributed by atoms with Gasteiger partial charge in [-0.15, -0.1) is 13.2 Å². The lowest BCUT2D eigenvalue weighted by Gasteiger charge is -2.62. The molecule has 4 N–H and O–H groups in total. The van der Waals surface area contributed by atoms with Crippen molar-refractivity contribution in [3.05, 3.63) is 0 Å². The minimum absolute atomic E-state index is 0.0754. The number of alkyl halides is 3. The summed E-state index contributed by atoms with van der Waals surface area (Å²) in [6.45, 7) is 11.2. The number of hydrogen-bond acceptors (Lipinski definition) is 6. The highest BCUT2D eigenvalue weighted by molar-refractivity contribution is 5.82. The van der Waals surface area contributed by atoms with E-state index in [2.05, 4.69) is 18.6 Å². The number of ether oxygens (including phenoxy) is 1.